The van der Waals surface area contributed by atoms with E-state index in [9.17, 15) is 4.79 Å². The van der Waals surface area contributed by atoms with E-state index in [1.54, 1.807) is 18.3 Å². The lowest BCUT2D eigenvalue weighted by molar-refractivity contribution is 0.112. The molecule has 3 aromatic heterocycles. The molecule has 0 atom stereocenters. The molecule has 104 valence electrons. The van der Waals surface area contributed by atoms with Crippen molar-refractivity contribution in [3.63, 3.8) is 0 Å². The van der Waals surface area contributed by atoms with Crippen LogP contribution in [0, 0.1) is 6.92 Å². The Bertz CT molecular complexity index is 769. The number of aryl methyl sites for hydroxylation is 1. The van der Waals surface area contributed by atoms with Crippen LogP contribution in [-0.4, -0.2) is 25.6 Å². The van der Waals surface area contributed by atoms with Gasteiger partial charge in [-0.3, -0.25) is 9.78 Å². The van der Waals surface area contributed by atoms with Gasteiger partial charge in [0.2, 0.25) is 5.13 Å². The molecule has 0 saturated carbocycles. The van der Waals surface area contributed by atoms with Crippen molar-refractivity contribution in [2.75, 3.05) is 5.32 Å². The fourth-order valence-electron chi connectivity index (χ4n) is 1.70. The Labute approximate surface area is 125 Å². The van der Waals surface area contributed by atoms with Crippen LogP contribution in [0.1, 0.15) is 15.9 Å². The van der Waals surface area contributed by atoms with Gasteiger partial charge in [0.05, 0.1) is 0 Å². The second kappa shape index (κ2) is 5.76. The summed E-state index contributed by atoms with van der Waals surface area (Å²) < 4.78 is 4.26. The average molecular weight is 297 g/mol. The molecule has 3 rings (SSSR count). The molecule has 0 radical (unpaired) electrons. The number of carbonyl (C=O) groups excluding carboxylic acids is 1. The number of pyridine rings is 2. The van der Waals surface area contributed by atoms with Crippen molar-refractivity contribution >= 4 is 28.8 Å². The zero-order chi connectivity index (χ0) is 14.7. The van der Waals surface area contributed by atoms with Gasteiger partial charge in [-0.25, -0.2) is 4.98 Å². The first-order valence-corrected chi connectivity index (χ1v) is 6.97. The number of nitrogens with zero attached hydrogens (tertiary/aromatic N) is 4. The fourth-order valence-corrected chi connectivity index (χ4v) is 2.28. The lowest BCUT2D eigenvalue weighted by Crippen LogP contribution is -1.95. The highest BCUT2D eigenvalue weighted by Gasteiger charge is 2.09. The SMILES string of the molecule is Cc1cccnc1Nc1nc(-c2ccc(C=O)cn2)ns1. The number of anilines is 2. The summed E-state index contributed by atoms with van der Waals surface area (Å²) in [5.41, 5.74) is 2.18. The minimum absolute atomic E-state index is 0.522. The van der Waals surface area contributed by atoms with Crippen molar-refractivity contribution in [2.24, 2.45) is 0 Å². The Morgan fingerprint density at radius 2 is 2.14 bits per heavy atom. The summed E-state index contributed by atoms with van der Waals surface area (Å²) in [6.07, 6.45) is 3.97. The summed E-state index contributed by atoms with van der Waals surface area (Å²) in [7, 11) is 0. The standard InChI is InChI=1S/C14H11N5OS/c1-9-3-2-6-15-12(9)17-14-18-13(19-21-14)11-5-4-10(8-20)7-16-11/h2-8H,1H3,(H,15,17,18,19). The maximum absolute atomic E-state index is 10.6. The predicted octanol–water partition coefficient (Wildman–Crippen LogP) is 2.86. The molecule has 3 aromatic rings. The van der Waals surface area contributed by atoms with Gasteiger partial charge in [0.25, 0.3) is 0 Å². The molecule has 0 bridgehead atoms. The Morgan fingerprint density at radius 3 is 2.86 bits per heavy atom. The second-order valence-electron chi connectivity index (χ2n) is 4.31. The van der Waals surface area contributed by atoms with E-state index >= 15 is 0 Å². The molecule has 0 aromatic carbocycles. The number of carbonyl (C=O) groups is 1. The molecule has 7 heteroatoms. The third-order valence-electron chi connectivity index (χ3n) is 2.81. The highest BCUT2D eigenvalue weighted by Crippen LogP contribution is 2.23. The van der Waals surface area contributed by atoms with Crippen molar-refractivity contribution in [2.45, 2.75) is 6.92 Å². The zero-order valence-corrected chi connectivity index (χ0v) is 12.0. The third-order valence-corrected chi connectivity index (χ3v) is 3.44. The number of hydrogen-bond donors (Lipinski definition) is 1. The van der Waals surface area contributed by atoms with Crippen LogP contribution in [0.4, 0.5) is 10.9 Å². The monoisotopic (exact) mass is 297 g/mol. The first kappa shape index (κ1) is 13.3. The zero-order valence-electron chi connectivity index (χ0n) is 11.1. The average Bonchev–Trinajstić information content (AvgIpc) is 2.98. The summed E-state index contributed by atoms with van der Waals surface area (Å²) in [6.45, 7) is 1.97. The van der Waals surface area contributed by atoms with Crippen LogP contribution in [0.25, 0.3) is 11.5 Å². The summed E-state index contributed by atoms with van der Waals surface area (Å²) in [6, 6.07) is 7.26. The maximum atomic E-state index is 10.6. The largest absolute Gasteiger partial charge is 0.315 e. The maximum Gasteiger partial charge on any atom is 0.208 e. The van der Waals surface area contributed by atoms with Crippen molar-refractivity contribution in [3.05, 3.63) is 47.8 Å². The van der Waals surface area contributed by atoms with Crippen LogP contribution >= 0.6 is 11.5 Å². The lowest BCUT2D eigenvalue weighted by atomic mass is 10.2. The summed E-state index contributed by atoms with van der Waals surface area (Å²) in [5, 5.41) is 3.78. The van der Waals surface area contributed by atoms with E-state index in [4.69, 9.17) is 0 Å². The van der Waals surface area contributed by atoms with E-state index in [0.29, 0.717) is 22.2 Å². The summed E-state index contributed by atoms with van der Waals surface area (Å²) in [4.78, 5) is 23.4. The van der Waals surface area contributed by atoms with E-state index < -0.39 is 0 Å². The molecule has 3 heterocycles. The van der Waals surface area contributed by atoms with Gasteiger partial charge in [0, 0.05) is 29.5 Å². The molecule has 0 fully saturated rings. The molecular formula is C14H11N5OS. The Balaban J connectivity index is 1.82. The quantitative estimate of drug-likeness (QED) is 0.746. The van der Waals surface area contributed by atoms with Gasteiger partial charge in [-0.1, -0.05) is 6.07 Å². The molecule has 0 aliphatic carbocycles. The van der Waals surface area contributed by atoms with Crippen molar-refractivity contribution < 1.29 is 4.79 Å². The summed E-state index contributed by atoms with van der Waals surface area (Å²) >= 11 is 1.24. The topological polar surface area (TPSA) is 80.7 Å². The van der Waals surface area contributed by atoms with Gasteiger partial charge in [0.1, 0.15) is 11.5 Å². The van der Waals surface area contributed by atoms with Gasteiger partial charge in [-0.15, -0.1) is 0 Å². The minimum atomic E-state index is 0.522. The molecular weight excluding hydrogens is 286 g/mol. The highest BCUT2D eigenvalue weighted by atomic mass is 32.1. The van der Waals surface area contributed by atoms with E-state index in [0.717, 1.165) is 17.7 Å². The molecule has 21 heavy (non-hydrogen) atoms. The van der Waals surface area contributed by atoms with E-state index in [-0.39, 0.29) is 0 Å². The van der Waals surface area contributed by atoms with E-state index in [1.165, 1.54) is 17.7 Å². The third kappa shape index (κ3) is 2.92. The van der Waals surface area contributed by atoms with Gasteiger partial charge in [-0.2, -0.15) is 9.36 Å². The van der Waals surface area contributed by atoms with Crippen molar-refractivity contribution in [3.8, 4) is 11.5 Å². The van der Waals surface area contributed by atoms with E-state index in [2.05, 4.69) is 24.6 Å². The number of hydrogen-bond acceptors (Lipinski definition) is 7. The molecule has 0 amide bonds. The van der Waals surface area contributed by atoms with Gasteiger partial charge in [0.15, 0.2) is 12.1 Å². The van der Waals surface area contributed by atoms with Crippen LogP contribution in [0.2, 0.25) is 0 Å². The molecule has 0 aliphatic heterocycles. The first-order valence-electron chi connectivity index (χ1n) is 6.20. The van der Waals surface area contributed by atoms with Gasteiger partial charge < -0.3 is 5.32 Å². The van der Waals surface area contributed by atoms with Crippen LogP contribution in [0.5, 0.6) is 0 Å². The number of aldehydes is 1. The lowest BCUT2D eigenvalue weighted by Gasteiger charge is -2.03. The Morgan fingerprint density at radius 1 is 1.24 bits per heavy atom. The Hall–Kier alpha value is -2.67. The normalized spacial score (nSPS) is 10.3. The number of rotatable bonds is 4. The van der Waals surface area contributed by atoms with Crippen LogP contribution in [0.15, 0.2) is 36.7 Å². The van der Waals surface area contributed by atoms with Gasteiger partial charge >= 0.3 is 0 Å². The van der Waals surface area contributed by atoms with Crippen molar-refractivity contribution in [1.82, 2.24) is 19.3 Å². The molecule has 0 aliphatic rings. The van der Waals surface area contributed by atoms with Crippen LogP contribution in [-0.2, 0) is 0 Å². The van der Waals surface area contributed by atoms with Crippen molar-refractivity contribution in [1.29, 1.82) is 0 Å². The van der Waals surface area contributed by atoms with Crippen LogP contribution < -0.4 is 5.32 Å². The van der Waals surface area contributed by atoms with E-state index in [1.807, 2.05) is 19.1 Å². The second-order valence-corrected chi connectivity index (χ2v) is 5.06. The highest BCUT2D eigenvalue weighted by molar-refractivity contribution is 7.09. The number of aromatic nitrogens is 4. The van der Waals surface area contributed by atoms with Gasteiger partial charge in [-0.05, 0) is 30.7 Å². The molecule has 0 spiro atoms. The summed E-state index contributed by atoms with van der Waals surface area (Å²) in [5.74, 6) is 1.28. The molecule has 6 nitrogen and oxygen atoms in total. The predicted molar refractivity (Wildman–Crippen MR) is 80.8 cm³/mol. The smallest absolute Gasteiger partial charge is 0.208 e. The molecule has 0 unspecified atom stereocenters. The Kier molecular flexibility index (Phi) is 3.65. The number of nitrogens with one attached hydrogen (secondary N) is 1. The molecule has 1 N–H and O–H groups in total. The fraction of sp³-hybridized carbons (Fsp3) is 0.0714. The first-order chi connectivity index (χ1) is 10.3. The molecule has 0 saturated heterocycles. The minimum Gasteiger partial charge on any atom is -0.315 e. The van der Waals surface area contributed by atoms with Crippen LogP contribution in [0.3, 0.4) is 0 Å².